The molecule has 0 aromatic rings. The van der Waals surface area contributed by atoms with Crippen LogP contribution in [-0.2, 0) is 14.8 Å². The van der Waals surface area contributed by atoms with E-state index in [4.69, 9.17) is 0 Å². The number of amides is 1. The Morgan fingerprint density at radius 2 is 1.68 bits per heavy atom. The van der Waals surface area contributed by atoms with Crippen LogP contribution in [0.15, 0.2) is 0 Å². The summed E-state index contributed by atoms with van der Waals surface area (Å²) in [7, 11) is -3.29. The molecule has 110 valence electrons. The predicted molar refractivity (Wildman–Crippen MR) is 74.2 cm³/mol. The zero-order chi connectivity index (χ0) is 13.9. The average Bonchev–Trinajstić information content (AvgIpc) is 2.39. The molecule has 2 aliphatic rings. The molecule has 0 spiro atoms. The first-order valence-corrected chi connectivity index (χ1v) is 9.10. The number of hydrogen-bond donors (Lipinski definition) is 1. The number of piperidine rings is 1. The van der Waals surface area contributed by atoms with Crippen LogP contribution in [0.3, 0.4) is 0 Å². The summed E-state index contributed by atoms with van der Waals surface area (Å²) in [5.41, 5.74) is 0. The van der Waals surface area contributed by atoms with Crippen LogP contribution in [-0.4, -0.2) is 43.5 Å². The van der Waals surface area contributed by atoms with Crippen LogP contribution in [0.1, 0.15) is 51.4 Å². The molecule has 19 heavy (non-hydrogen) atoms. The van der Waals surface area contributed by atoms with Gasteiger partial charge in [-0.15, -0.1) is 0 Å². The minimum atomic E-state index is -3.29. The second-order valence-corrected chi connectivity index (χ2v) is 7.66. The molecule has 1 heterocycles. The largest absolute Gasteiger partial charge is 0.352 e. The number of nitrogens with zero attached hydrogens (tertiary/aromatic N) is 1. The van der Waals surface area contributed by atoms with Crippen LogP contribution in [0, 0.1) is 0 Å². The molecular formula is C13H24N2O3S. The van der Waals surface area contributed by atoms with Crippen molar-refractivity contribution in [2.75, 3.05) is 12.8 Å². The first-order valence-electron chi connectivity index (χ1n) is 7.25. The summed E-state index contributed by atoms with van der Waals surface area (Å²) in [6, 6.07) is -0.254. The van der Waals surface area contributed by atoms with Gasteiger partial charge in [0.2, 0.25) is 15.9 Å². The molecule has 2 rings (SSSR count). The third kappa shape index (κ3) is 3.92. The van der Waals surface area contributed by atoms with E-state index in [0.717, 1.165) is 38.5 Å². The molecule has 1 aliphatic carbocycles. The number of carbonyl (C=O) groups is 1. The lowest BCUT2D eigenvalue weighted by Crippen LogP contribution is -2.53. The van der Waals surface area contributed by atoms with Gasteiger partial charge in [-0.1, -0.05) is 25.7 Å². The Labute approximate surface area is 115 Å². The fourth-order valence-corrected chi connectivity index (χ4v) is 4.23. The number of nitrogens with one attached hydrogen (secondary N) is 1. The Kier molecular flexibility index (Phi) is 4.84. The first-order chi connectivity index (χ1) is 8.98. The molecule has 1 aliphatic heterocycles. The first kappa shape index (κ1) is 14.8. The van der Waals surface area contributed by atoms with Crippen molar-refractivity contribution < 1.29 is 13.2 Å². The van der Waals surface area contributed by atoms with Crippen LogP contribution < -0.4 is 5.32 Å². The van der Waals surface area contributed by atoms with E-state index in [1.165, 1.54) is 17.0 Å². The number of hydrogen-bond acceptors (Lipinski definition) is 3. The Bertz CT molecular complexity index is 416. The molecule has 5 nitrogen and oxygen atoms in total. The fraction of sp³-hybridized carbons (Fsp3) is 0.923. The number of carbonyl (C=O) groups excluding carboxylic acids is 1. The summed E-state index contributed by atoms with van der Waals surface area (Å²) in [5.74, 6) is -0.1000. The van der Waals surface area contributed by atoms with Gasteiger partial charge in [0.1, 0.15) is 6.04 Å². The van der Waals surface area contributed by atoms with E-state index in [9.17, 15) is 13.2 Å². The van der Waals surface area contributed by atoms with Gasteiger partial charge >= 0.3 is 0 Å². The molecular weight excluding hydrogens is 264 g/mol. The fourth-order valence-electron chi connectivity index (χ4n) is 3.11. The second-order valence-electron chi connectivity index (χ2n) is 5.73. The van der Waals surface area contributed by atoms with Gasteiger partial charge < -0.3 is 5.32 Å². The summed E-state index contributed by atoms with van der Waals surface area (Å²) >= 11 is 0. The smallest absolute Gasteiger partial charge is 0.238 e. The molecule has 1 amide bonds. The molecule has 0 aromatic heterocycles. The average molecular weight is 288 g/mol. The predicted octanol–water partition coefficient (Wildman–Crippen LogP) is 1.25. The van der Waals surface area contributed by atoms with Gasteiger partial charge in [0.25, 0.3) is 0 Å². The third-order valence-electron chi connectivity index (χ3n) is 4.13. The van der Waals surface area contributed by atoms with E-state index >= 15 is 0 Å². The lowest BCUT2D eigenvalue weighted by atomic mass is 9.95. The summed E-state index contributed by atoms with van der Waals surface area (Å²) in [6.07, 6.45) is 9.22. The standard InChI is InChI=1S/C13H24N2O3S/c1-19(17,18)15-10-6-5-9-12(15)13(16)14-11-7-3-2-4-8-11/h11-12H,2-10H2,1H3,(H,14,16). The molecule has 1 saturated heterocycles. The highest BCUT2D eigenvalue weighted by atomic mass is 32.2. The summed E-state index contributed by atoms with van der Waals surface area (Å²) in [6.45, 7) is 0.474. The molecule has 6 heteroatoms. The number of rotatable bonds is 3. The van der Waals surface area contributed by atoms with E-state index < -0.39 is 16.1 Å². The van der Waals surface area contributed by atoms with Crippen molar-refractivity contribution in [2.24, 2.45) is 0 Å². The highest BCUT2D eigenvalue weighted by Gasteiger charge is 2.35. The Balaban J connectivity index is 1.99. The van der Waals surface area contributed by atoms with Crippen LogP contribution >= 0.6 is 0 Å². The molecule has 2 fully saturated rings. The van der Waals surface area contributed by atoms with Crippen molar-refractivity contribution in [3.05, 3.63) is 0 Å². The van der Waals surface area contributed by atoms with Crippen LogP contribution in [0.4, 0.5) is 0 Å². The molecule has 0 radical (unpaired) electrons. The summed E-state index contributed by atoms with van der Waals surface area (Å²) in [5, 5.41) is 3.05. The monoisotopic (exact) mass is 288 g/mol. The molecule has 0 bridgehead atoms. The van der Waals surface area contributed by atoms with Gasteiger partial charge in [-0.2, -0.15) is 4.31 Å². The van der Waals surface area contributed by atoms with E-state index in [1.54, 1.807) is 0 Å². The minimum absolute atomic E-state index is 0.1000. The van der Waals surface area contributed by atoms with E-state index in [0.29, 0.717) is 13.0 Å². The van der Waals surface area contributed by atoms with Crippen molar-refractivity contribution in [2.45, 2.75) is 63.5 Å². The van der Waals surface area contributed by atoms with Gasteiger partial charge in [-0.05, 0) is 25.7 Å². The maximum atomic E-state index is 12.3. The quantitative estimate of drug-likeness (QED) is 0.850. The molecule has 1 N–H and O–H groups in total. The van der Waals surface area contributed by atoms with Crippen molar-refractivity contribution >= 4 is 15.9 Å². The van der Waals surface area contributed by atoms with Crippen molar-refractivity contribution in [3.8, 4) is 0 Å². The number of sulfonamides is 1. The van der Waals surface area contributed by atoms with Crippen LogP contribution in [0.25, 0.3) is 0 Å². The zero-order valence-corrected chi connectivity index (χ0v) is 12.4. The summed E-state index contributed by atoms with van der Waals surface area (Å²) in [4.78, 5) is 12.3. The lowest BCUT2D eigenvalue weighted by molar-refractivity contribution is -0.126. The van der Waals surface area contributed by atoms with E-state index in [1.807, 2.05) is 0 Å². The maximum absolute atomic E-state index is 12.3. The van der Waals surface area contributed by atoms with E-state index in [-0.39, 0.29) is 11.9 Å². The van der Waals surface area contributed by atoms with Gasteiger partial charge in [-0.25, -0.2) is 8.42 Å². The maximum Gasteiger partial charge on any atom is 0.238 e. The molecule has 1 unspecified atom stereocenters. The second kappa shape index (κ2) is 6.22. The SMILES string of the molecule is CS(=O)(=O)N1CCCCC1C(=O)NC1CCCCC1. The summed E-state index contributed by atoms with van der Waals surface area (Å²) < 4.78 is 24.8. The highest BCUT2D eigenvalue weighted by Crippen LogP contribution is 2.22. The third-order valence-corrected chi connectivity index (χ3v) is 5.42. The van der Waals surface area contributed by atoms with Crippen LogP contribution in [0.5, 0.6) is 0 Å². The molecule has 1 atom stereocenters. The normalized spacial score (nSPS) is 27.1. The van der Waals surface area contributed by atoms with Gasteiger partial charge in [-0.3, -0.25) is 4.79 Å². The van der Waals surface area contributed by atoms with Crippen molar-refractivity contribution in [3.63, 3.8) is 0 Å². The van der Waals surface area contributed by atoms with Gasteiger partial charge in [0.15, 0.2) is 0 Å². The lowest BCUT2D eigenvalue weighted by Gasteiger charge is -2.34. The zero-order valence-electron chi connectivity index (χ0n) is 11.6. The van der Waals surface area contributed by atoms with Crippen LogP contribution in [0.2, 0.25) is 0 Å². The Morgan fingerprint density at radius 1 is 1.05 bits per heavy atom. The topological polar surface area (TPSA) is 66.5 Å². The highest BCUT2D eigenvalue weighted by molar-refractivity contribution is 7.88. The molecule has 1 saturated carbocycles. The van der Waals surface area contributed by atoms with Gasteiger partial charge in [0, 0.05) is 12.6 Å². The van der Waals surface area contributed by atoms with Gasteiger partial charge in [0.05, 0.1) is 6.26 Å². The Morgan fingerprint density at radius 3 is 2.32 bits per heavy atom. The van der Waals surface area contributed by atoms with Crippen molar-refractivity contribution in [1.29, 1.82) is 0 Å². The van der Waals surface area contributed by atoms with E-state index in [2.05, 4.69) is 5.32 Å². The molecule has 0 aromatic carbocycles. The Hall–Kier alpha value is -0.620. The minimum Gasteiger partial charge on any atom is -0.352 e. The van der Waals surface area contributed by atoms with Crippen molar-refractivity contribution in [1.82, 2.24) is 9.62 Å².